The molecule has 2 aromatic rings. The molecule has 5 heteroatoms. The van der Waals surface area contributed by atoms with Crippen molar-refractivity contribution in [2.45, 2.75) is 39.5 Å². The Morgan fingerprint density at radius 1 is 1.27 bits per heavy atom. The molecule has 0 fully saturated rings. The summed E-state index contributed by atoms with van der Waals surface area (Å²) in [7, 11) is 0. The van der Waals surface area contributed by atoms with Gasteiger partial charge in [-0.2, -0.15) is 16.6 Å². The lowest BCUT2D eigenvalue weighted by atomic mass is 9.70. The number of rotatable bonds is 2. The van der Waals surface area contributed by atoms with Crippen molar-refractivity contribution in [2.24, 2.45) is 5.41 Å². The van der Waals surface area contributed by atoms with Crippen LogP contribution in [-0.4, -0.2) is 5.78 Å². The number of carbonyl (C=O) groups is 1. The molecule has 1 aliphatic heterocycles. The van der Waals surface area contributed by atoms with Gasteiger partial charge in [0.1, 0.15) is 0 Å². The summed E-state index contributed by atoms with van der Waals surface area (Å²) >= 11 is 3.36. The Bertz CT molecular complexity index is 984. The Morgan fingerprint density at radius 2 is 2.08 bits per heavy atom. The molecule has 26 heavy (non-hydrogen) atoms. The second-order valence-electron chi connectivity index (χ2n) is 7.76. The van der Waals surface area contributed by atoms with Gasteiger partial charge in [0.2, 0.25) is 0 Å². The van der Waals surface area contributed by atoms with Crippen molar-refractivity contribution >= 4 is 28.5 Å². The Morgan fingerprint density at radius 3 is 2.77 bits per heavy atom. The number of Topliss-reactive ketones (excluding diaryl/α,β-unsaturated/α-hetero) is 1. The fraction of sp³-hybridized carbons (Fsp3) is 0.333. The lowest BCUT2D eigenvalue weighted by molar-refractivity contribution is -0.118. The topological polar surface area (TPSA) is 52.9 Å². The smallest absolute Gasteiger partial charge is 0.162 e. The van der Waals surface area contributed by atoms with Crippen LogP contribution >= 0.6 is 22.7 Å². The zero-order valence-corrected chi connectivity index (χ0v) is 16.7. The van der Waals surface area contributed by atoms with E-state index in [0.717, 1.165) is 28.3 Å². The highest BCUT2D eigenvalue weighted by molar-refractivity contribution is 7.16. The molecule has 0 saturated carbocycles. The van der Waals surface area contributed by atoms with Crippen LogP contribution in [0.25, 0.3) is 10.4 Å². The van der Waals surface area contributed by atoms with Crippen LogP contribution in [0.4, 0.5) is 0 Å². The highest BCUT2D eigenvalue weighted by Gasteiger charge is 2.41. The number of ketones is 1. The van der Waals surface area contributed by atoms with E-state index in [1.807, 2.05) is 6.92 Å². The predicted octanol–water partition coefficient (Wildman–Crippen LogP) is 5.60. The van der Waals surface area contributed by atoms with Gasteiger partial charge in [-0.15, -0.1) is 11.3 Å². The maximum atomic E-state index is 13.0. The van der Waals surface area contributed by atoms with Gasteiger partial charge >= 0.3 is 0 Å². The molecule has 3 heterocycles. The normalized spacial score (nSPS) is 22.1. The summed E-state index contributed by atoms with van der Waals surface area (Å²) in [5.74, 6) is -0.0725. The lowest BCUT2D eigenvalue weighted by Gasteiger charge is -2.38. The van der Waals surface area contributed by atoms with Crippen molar-refractivity contribution in [2.75, 3.05) is 0 Å². The van der Waals surface area contributed by atoms with E-state index in [9.17, 15) is 10.1 Å². The van der Waals surface area contributed by atoms with Crippen LogP contribution in [0, 0.1) is 16.7 Å². The highest BCUT2D eigenvalue weighted by Crippen LogP contribution is 2.48. The minimum absolute atomic E-state index is 0.0464. The number of nitrogens with zero attached hydrogens (tertiary/aromatic N) is 1. The number of hydrogen-bond donors (Lipinski definition) is 1. The third-order valence-corrected chi connectivity index (χ3v) is 6.96. The summed E-state index contributed by atoms with van der Waals surface area (Å²) in [4.78, 5) is 15.3. The molecular weight excluding hydrogens is 360 g/mol. The van der Waals surface area contributed by atoms with Crippen molar-refractivity contribution in [3.05, 3.63) is 56.4 Å². The third-order valence-electron chi connectivity index (χ3n) is 5.08. The van der Waals surface area contributed by atoms with Gasteiger partial charge in [-0.1, -0.05) is 13.8 Å². The molecule has 1 aliphatic carbocycles. The van der Waals surface area contributed by atoms with E-state index >= 15 is 0 Å². The third kappa shape index (κ3) is 2.84. The summed E-state index contributed by atoms with van der Waals surface area (Å²) in [6.07, 6.45) is 1.37. The molecule has 0 radical (unpaired) electrons. The van der Waals surface area contributed by atoms with Crippen LogP contribution in [0.2, 0.25) is 0 Å². The molecule has 2 aromatic heterocycles. The van der Waals surface area contributed by atoms with E-state index < -0.39 is 0 Å². The summed E-state index contributed by atoms with van der Waals surface area (Å²) in [5.41, 5.74) is 4.48. The minimum atomic E-state index is -0.239. The molecule has 0 spiro atoms. The molecule has 0 aromatic carbocycles. The highest BCUT2D eigenvalue weighted by atomic mass is 32.1. The summed E-state index contributed by atoms with van der Waals surface area (Å²) < 4.78 is 0. The van der Waals surface area contributed by atoms with Crippen LogP contribution < -0.4 is 5.32 Å². The standard InChI is InChI=1S/C21H20N2OS2/c1-12-14(10-22)19(18-5-4-17(26-18)13-6-7-25-11-13)20-15(23-12)8-21(2,3)9-16(20)24/h4-7,11,19,23H,8-9H2,1-3H3/t19-/m1/s1. The van der Waals surface area contributed by atoms with E-state index in [4.69, 9.17) is 0 Å². The Balaban J connectivity index is 1.83. The van der Waals surface area contributed by atoms with Crippen molar-refractivity contribution in [3.8, 4) is 16.5 Å². The molecule has 1 N–H and O–H groups in total. The molecule has 132 valence electrons. The second-order valence-corrected chi connectivity index (χ2v) is 9.65. The maximum Gasteiger partial charge on any atom is 0.162 e. The first-order chi connectivity index (χ1) is 12.4. The Labute approximate surface area is 161 Å². The SMILES string of the molecule is CC1=C(C#N)[C@H](c2ccc(-c3ccsc3)s2)C2=C(CC(C)(C)CC2=O)N1. The number of nitriles is 1. The first-order valence-corrected chi connectivity index (χ1v) is 10.4. The van der Waals surface area contributed by atoms with Crippen LogP contribution in [0.3, 0.4) is 0 Å². The minimum Gasteiger partial charge on any atom is -0.361 e. The number of carbonyl (C=O) groups excluding carboxylic acids is 1. The van der Waals surface area contributed by atoms with Crippen molar-refractivity contribution in [1.82, 2.24) is 5.32 Å². The molecule has 3 nitrogen and oxygen atoms in total. The summed E-state index contributed by atoms with van der Waals surface area (Å²) in [5, 5.41) is 17.3. The van der Waals surface area contributed by atoms with E-state index in [0.29, 0.717) is 12.0 Å². The first kappa shape index (κ1) is 17.3. The molecule has 2 aliphatic rings. The van der Waals surface area contributed by atoms with Gasteiger partial charge in [-0.3, -0.25) is 4.79 Å². The van der Waals surface area contributed by atoms with Gasteiger partial charge in [-0.05, 0) is 47.7 Å². The molecule has 1 atom stereocenters. The Kier molecular flexibility index (Phi) is 4.13. The fourth-order valence-electron chi connectivity index (χ4n) is 3.94. The molecule has 0 unspecified atom stereocenters. The average Bonchev–Trinajstić information content (AvgIpc) is 3.23. The van der Waals surface area contributed by atoms with E-state index in [2.05, 4.69) is 54.2 Å². The molecular formula is C21H20N2OS2. The monoisotopic (exact) mass is 380 g/mol. The number of hydrogen-bond acceptors (Lipinski definition) is 5. The van der Waals surface area contributed by atoms with E-state index in [1.165, 1.54) is 10.4 Å². The van der Waals surface area contributed by atoms with Crippen molar-refractivity contribution in [1.29, 1.82) is 5.26 Å². The number of dihydropyridines is 1. The largest absolute Gasteiger partial charge is 0.361 e. The van der Waals surface area contributed by atoms with Crippen molar-refractivity contribution in [3.63, 3.8) is 0 Å². The average molecular weight is 381 g/mol. The first-order valence-electron chi connectivity index (χ1n) is 8.66. The van der Waals surface area contributed by atoms with Gasteiger partial charge in [0, 0.05) is 38.7 Å². The van der Waals surface area contributed by atoms with Crippen LogP contribution in [-0.2, 0) is 4.79 Å². The van der Waals surface area contributed by atoms with Crippen LogP contribution in [0.15, 0.2) is 51.5 Å². The van der Waals surface area contributed by atoms with Crippen LogP contribution in [0.1, 0.15) is 44.4 Å². The van der Waals surface area contributed by atoms with Crippen molar-refractivity contribution < 1.29 is 4.79 Å². The quantitative estimate of drug-likeness (QED) is 0.737. The second kappa shape index (κ2) is 6.22. The van der Waals surface area contributed by atoms with Gasteiger partial charge in [0.15, 0.2) is 5.78 Å². The summed E-state index contributed by atoms with van der Waals surface area (Å²) in [6, 6.07) is 8.65. The van der Waals surface area contributed by atoms with Gasteiger partial charge < -0.3 is 5.32 Å². The molecule has 0 bridgehead atoms. The predicted molar refractivity (Wildman–Crippen MR) is 107 cm³/mol. The maximum absolute atomic E-state index is 13.0. The number of thiophene rings is 2. The fourth-order valence-corrected chi connectivity index (χ4v) is 5.79. The molecule has 0 saturated heterocycles. The van der Waals surface area contributed by atoms with Crippen LogP contribution in [0.5, 0.6) is 0 Å². The van der Waals surface area contributed by atoms with Gasteiger partial charge in [0.25, 0.3) is 0 Å². The lowest BCUT2D eigenvalue weighted by Crippen LogP contribution is -2.36. The van der Waals surface area contributed by atoms with E-state index in [-0.39, 0.29) is 17.1 Å². The van der Waals surface area contributed by atoms with E-state index in [1.54, 1.807) is 22.7 Å². The number of nitrogens with one attached hydrogen (secondary N) is 1. The molecule has 0 amide bonds. The summed E-state index contributed by atoms with van der Waals surface area (Å²) in [6.45, 7) is 6.20. The zero-order valence-electron chi connectivity index (χ0n) is 15.1. The van der Waals surface area contributed by atoms with Gasteiger partial charge in [-0.25, -0.2) is 0 Å². The van der Waals surface area contributed by atoms with Gasteiger partial charge in [0.05, 0.1) is 17.6 Å². The zero-order chi connectivity index (χ0) is 18.5. The Hall–Kier alpha value is -2.16. The number of allylic oxidation sites excluding steroid dienone is 4. The molecule has 4 rings (SSSR count).